The minimum absolute atomic E-state index is 0.214. The van der Waals surface area contributed by atoms with E-state index >= 15 is 0 Å². The monoisotopic (exact) mass is 190 g/mol. The van der Waals surface area contributed by atoms with E-state index in [4.69, 9.17) is 0 Å². The molecule has 0 radical (unpaired) electrons. The molecule has 2 aromatic rings. The van der Waals surface area contributed by atoms with Crippen LogP contribution in [-0.2, 0) is 0 Å². The zero-order valence-electron chi connectivity index (χ0n) is 7.98. The van der Waals surface area contributed by atoms with Crippen LogP contribution in [0.2, 0.25) is 0 Å². The van der Waals surface area contributed by atoms with Gasteiger partial charge in [-0.2, -0.15) is 5.10 Å². The van der Waals surface area contributed by atoms with Gasteiger partial charge in [-0.1, -0.05) is 13.8 Å². The van der Waals surface area contributed by atoms with Crippen molar-refractivity contribution in [1.29, 1.82) is 0 Å². The second kappa shape index (κ2) is 3.17. The molecule has 0 aliphatic rings. The van der Waals surface area contributed by atoms with E-state index in [9.17, 15) is 4.79 Å². The van der Waals surface area contributed by atoms with Gasteiger partial charge in [0.05, 0.1) is 5.69 Å². The van der Waals surface area contributed by atoms with Gasteiger partial charge < -0.3 is 0 Å². The molecule has 0 spiro atoms. The van der Waals surface area contributed by atoms with Gasteiger partial charge >= 0.3 is 0 Å². The fourth-order valence-electron chi connectivity index (χ4n) is 1.31. The molecule has 5 heteroatoms. The molecule has 14 heavy (non-hydrogen) atoms. The van der Waals surface area contributed by atoms with Crippen LogP contribution in [0.1, 0.15) is 25.5 Å². The third-order valence-corrected chi connectivity index (χ3v) is 1.98. The summed E-state index contributed by atoms with van der Waals surface area (Å²) in [7, 11) is 0. The molecular formula is C9H10N4O. The Hall–Kier alpha value is -1.78. The van der Waals surface area contributed by atoms with Crippen LogP contribution < -0.4 is 5.56 Å². The molecule has 1 N–H and O–H groups in total. The molecule has 0 saturated heterocycles. The van der Waals surface area contributed by atoms with E-state index in [1.165, 1.54) is 6.20 Å². The van der Waals surface area contributed by atoms with Crippen molar-refractivity contribution in [1.82, 2.24) is 20.2 Å². The number of hydrogen-bond acceptors (Lipinski definition) is 4. The summed E-state index contributed by atoms with van der Waals surface area (Å²) in [6.45, 7) is 3.99. The highest BCUT2D eigenvalue weighted by molar-refractivity contribution is 5.74. The molecule has 2 heterocycles. The molecule has 0 aromatic carbocycles. The molecule has 0 aliphatic heterocycles. The van der Waals surface area contributed by atoms with E-state index in [-0.39, 0.29) is 11.5 Å². The van der Waals surface area contributed by atoms with E-state index in [0.717, 1.165) is 5.69 Å². The van der Waals surface area contributed by atoms with Crippen LogP contribution >= 0.6 is 0 Å². The minimum Gasteiger partial charge on any atom is -0.265 e. The van der Waals surface area contributed by atoms with Crippen molar-refractivity contribution in [2.75, 3.05) is 0 Å². The summed E-state index contributed by atoms with van der Waals surface area (Å²) in [6, 6.07) is 0. The first-order chi connectivity index (χ1) is 6.70. The quantitative estimate of drug-likeness (QED) is 0.723. The van der Waals surface area contributed by atoms with Crippen molar-refractivity contribution in [2.45, 2.75) is 19.8 Å². The predicted octanol–water partition coefficient (Wildman–Crippen LogP) is 0.837. The Balaban J connectivity index is 2.89. The van der Waals surface area contributed by atoms with Crippen molar-refractivity contribution in [2.24, 2.45) is 0 Å². The first-order valence-corrected chi connectivity index (χ1v) is 4.39. The highest BCUT2D eigenvalue weighted by Gasteiger charge is 2.10. The largest absolute Gasteiger partial charge is 0.292 e. The first kappa shape index (κ1) is 8.80. The average Bonchev–Trinajstić information content (AvgIpc) is 2.18. The number of fused-ring (bicyclic) bond motifs is 1. The van der Waals surface area contributed by atoms with Gasteiger partial charge in [-0.05, 0) is 5.92 Å². The maximum absolute atomic E-state index is 11.3. The number of nitrogens with one attached hydrogen (secondary N) is 1. The van der Waals surface area contributed by atoms with Crippen LogP contribution in [-0.4, -0.2) is 20.2 Å². The number of aromatic nitrogens is 4. The number of rotatable bonds is 1. The summed E-state index contributed by atoms with van der Waals surface area (Å²) in [6.07, 6.45) is 3.07. The molecule has 2 rings (SSSR count). The van der Waals surface area contributed by atoms with Crippen molar-refractivity contribution in [3.8, 4) is 0 Å². The highest BCUT2D eigenvalue weighted by Crippen LogP contribution is 2.15. The van der Waals surface area contributed by atoms with Crippen LogP contribution in [0.15, 0.2) is 17.2 Å². The van der Waals surface area contributed by atoms with Gasteiger partial charge in [0.2, 0.25) is 0 Å². The van der Waals surface area contributed by atoms with Gasteiger partial charge in [0.25, 0.3) is 5.56 Å². The molecule has 0 atom stereocenters. The van der Waals surface area contributed by atoms with Gasteiger partial charge in [0, 0.05) is 12.4 Å². The fourth-order valence-corrected chi connectivity index (χ4v) is 1.31. The summed E-state index contributed by atoms with van der Waals surface area (Å²) in [4.78, 5) is 19.4. The lowest BCUT2D eigenvalue weighted by Crippen LogP contribution is -2.13. The molecule has 0 unspecified atom stereocenters. The van der Waals surface area contributed by atoms with Gasteiger partial charge in [-0.3, -0.25) is 9.78 Å². The van der Waals surface area contributed by atoms with Gasteiger partial charge in [-0.25, -0.2) is 10.1 Å². The first-order valence-electron chi connectivity index (χ1n) is 4.39. The van der Waals surface area contributed by atoms with Crippen molar-refractivity contribution >= 4 is 11.0 Å². The van der Waals surface area contributed by atoms with Crippen LogP contribution in [0.5, 0.6) is 0 Å². The van der Waals surface area contributed by atoms with Crippen LogP contribution in [0.3, 0.4) is 0 Å². The molecular weight excluding hydrogens is 180 g/mol. The molecule has 0 bridgehead atoms. The Morgan fingerprint density at radius 3 is 2.50 bits per heavy atom. The van der Waals surface area contributed by atoms with Gasteiger partial charge in [0.15, 0.2) is 5.52 Å². The smallest absolute Gasteiger partial charge is 0.265 e. The zero-order chi connectivity index (χ0) is 10.1. The normalized spacial score (nSPS) is 11.1. The van der Waals surface area contributed by atoms with E-state index in [1.807, 2.05) is 13.8 Å². The molecule has 0 amide bonds. The van der Waals surface area contributed by atoms with Gasteiger partial charge in [-0.15, -0.1) is 0 Å². The predicted molar refractivity (Wildman–Crippen MR) is 52.0 cm³/mol. The SMILES string of the molecule is CC(C)c1n[nH]c(=O)c2nccnc12. The third kappa shape index (κ3) is 1.26. The second-order valence-corrected chi connectivity index (χ2v) is 3.35. The van der Waals surface area contributed by atoms with Crippen LogP contribution in [0.25, 0.3) is 11.0 Å². The van der Waals surface area contributed by atoms with E-state index in [2.05, 4.69) is 20.2 Å². The Labute approximate surface area is 80.2 Å². The average molecular weight is 190 g/mol. The van der Waals surface area contributed by atoms with Crippen molar-refractivity contribution < 1.29 is 0 Å². The number of hydrogen-bond donors (Lipinski definition) is 1. The standard InChI is InChI=1S/C9H10N4O/c1-5(2)6-7-8(9(14)13-12-6)11-4-3-10-7/h3-5H,1-2H3,(H,13,14). The second-order valence-electron chi connectivity index (χ2n) is 3.35. The number of nitrogens with zero attached hydrogens (tertiary/aromatic N) is 3. The molecule has 72 valence electrons. The summed E-state index contributed by atoms with van der Waals surface area (Å²) < 4.78 is 0. The lowest BCUT2D eigenvalue weighted by atomic mass is 10.1. The lowest BCUT2D eigenvalue weighted by molar-refractivity contribution is 0.786. The van der Waals surface area contributed by atoms with E-state index in [1.54, 1.807) is 6.20 Å². The Morgan fingerprint density at radius 1 is 1.21 bits per heavy atom. The topological polar surface area (TPSA) is 71.5 Å². The number of aromatic amines is 1. The summed E-state index contributed by atoms with van der Waals surface area (Å²) in [5, 5.41) is 6.38. The van der Waals surface area contributed by atoms with Gasteiger partial charge in [0.1, 0.15) is 5.52 Å². The van der Waals surface area contributed by atoms with Crippen molar-refractivity contribution in [3.05, 3.63) is 28.4 Å². The fraction of sp³-hybridized carbons (Fsp3) is 0.333. The van der Waals surface area contributed by atoms with Crippen LogP contribution in [0, 0.1) is 0 Å². The molecule has 2 aromatic heterocycles. The third-order valence-electron chi connectivity index (χ3n) is 1.98. The Kier molecular flexibility index (Phi) is 1.99. The lowest BCUT2D eigenvalue weighted by Gasteiger charge is -2.04. The minimum atomic E-state index is -0.294. The summed E-state index contributed by atoms with van der Waals surface area (Å²) >= 11 is 0. The maximum atomic E-state index is 11.3. The Bertz CT molecular complexity index is 517. The maximum Gasteiger partial charge on any atom is 0.292 e. The molecule has 0 saturated carbocycles. The zero-order valence-corrected chi connectivity index (χ0v) is 7.98. The van der Waals surface area contributed by atoms with E-state index in [0.29, 0.717) is 11.0 Å². The summed E-state index contributed by atoms with van der Waals surface area (Å²) in [5.74, 6) is 0.214. The van der Waals surface area contributed by atoms with Crippen LogP contribution in [0.4, 0.5) is 0 Å². The van der Waals surface area contributed by atoms with Crippen molar-refractivity contribution in [3.63, 3.8) is 0 Å². The summed E-state index contributed by atoms with van der Waals surface area (Å²) in [5.41, 5.74) is 1.42. The molecule has 5 nitrogen and oxygen atoms in total. The molecule has 0 fully saturated rings. The Morgan fingerprint density at radius 2 is 1.86 bits per heavy atom. The van der Waals surface area contributed by atoms with E-state index < -0.39 is 0 Å². The molecule has 0 aliphatic carbocycles. The highest BCUT2D eigenvalue weighted by atomic mass is 16.1. The number of H-pyrrole nitrogens is 1.